The fourth-order valence-electron chi connectivity index (χ4n) is 5.72. The number of halogens is 1. The monoisotopic (exact) mass is 645 g/mol. The molecule has 2 aromatic heterocycles. The number of anilines is 2. The van der Waals surface area contributed by atoms with Crippen LogP contribution in [0.15, 0.2) is 82.4 Å². The van der Waals surface area contributed by atoms with Gasteiger partial charge in [-0.2, -0.15) is 0 Å². The molecule has 11 heteroatoms. The molecule has 45 heavy (non-hydrogen) atoms. The molecule has 0 N–H and O–H groups in total. The van der Waals surface area contributed by atoms with Crippen molar-refractivity contribution in [2.24, 2.45) is 5.92 Å². The van der Waals surface area contributed by atoms with Gasteiger partial charge in [0.05, 0.1) is 34.7 Å². The van der Waals surface area contributed by atoms with Gasteiger partial charge in [-0.3, -0.25) is 9.59 Å². The molecule has 1 amide bonds. The first kappa shape index (κ1) is 31.0. The minimum absolute atomic E-state index is 0.152. The Morgan fingerprint density at radius 1 is 0.911 bits per heavy atom. The highest BCUT2D eigenvalue weighted by Crippen LogP contribution is 2.31. The number of piperazine rings is 1. The summed E-state index contributed by atoms with van der Waals surface area (Å²) in [7, 11) is 0. The number of para-hydroxylation sites is 1. The second-order valence-electron chi connectivity index (χ2n) is 11.1. The number of nitrogens with zero attached hydrogens (tertiary/aromatic N) is 5. The smallest absolute Gasteiger partial charge is 0.309 e. The van der Waals surface area contributed by atoms with Gasteiger partial charge in [0, 0.05) is 50.9 Å². The summed E-state index contributed by atoms with van der Waals surface area (Å²) in [5, 5.41) is 1.41. The fourth-order valence-corrected chi connectivity index (χ4v) is 6.72. The van der Waals surface area contributed by atoms with Crippen molar-refractivity contribution < 1.29 is 18.7 Å². The lowest BCUT2D eigenvalue weighted by atomic mass is 9.97. The maximum absolute atomic E-state index is 13.1. The van der Waals surface area contributed by atoms with Crippen molar-refractivity contribution in [1.82, 2.24) is 14.9 Å². The predicted octanol–water partition coefficient (Wildman–Crippen LogP) is 6.42. The van der Waals surface area contributed by atoms with E-state index in [9.17, 15) is 9.59 Å². The van der Waals surface area contributed by atoms with Crippen LogP contribution >= 0.6 is 23.4 Å². The summed E-state index contributed by atoms with van der Waals surface area (Å²) >= 11 is 7.95. The summed E-state index contributed by atoms with van der Waals surface area (Å²) in [5.41, 5.74) is 2.94. The first-order valence-corrected chi connectivity index (χ1v) is 16.7. The van der Waals surface area contributed by atoms with Gasteiger partial charge in [-0.05, 0) is 44.0 Å². The molecule has 2 fully saturated rings. The largest absolute Gasteiger partial charge is 0.466 e. The number of ether oxygens (including phenoxy) is 1. The number of amides is 1. The minimum Gasteiger partial charge on any atom is -0.466 e. The maximum atomic E-state index is 13.1. The number of carbonyl (C=O) groups excluding carboxylic acids is 2. The van der Waals surface area contributed by atoms with Crippen molar-refractivity contribution in [3.05, 3.63) is 89.3 Å². The number of piperidine rings is 1. The third-order valence-electron chi connectivity index (χ3n) is 8.18. The van der Waals surface area contributed by atoms with Crippen molar-refractivity contribution in [2.75, 3.05) is 55.7 Å². The lowest BCUT2D eigenvalue weighted by molar-refractivity contribution is -0.149. The van der Waals surface area contributed by atoms with Crippen LogP contribution < -0.4 is 9.80 Å². The Bertz CT molecular complexity index is 1620. The molecule has 0 atom stereocenters. The highest BCUT2D eigenvalue weighted by molar-refractivity contribution is 7.98. The maximum Gasteiger partial charge on any atom is 0.309 e. The van der Waals surface area contributed by atoms with Crippen LogP contribution in [0.5, 0.6) is 0 Å². The molecule has 4 aromatic rings. The Kier molecular flexibility index (Phi) is 9.91. The lowest BCUT2D eigenvalue weighted by Gasteiger charge is -2.37. The van der Waals surface area contributed by atoms with E-state index in [-0.39, 0.29) is 17.8 Å². The van der Waals surface area contributed by atoms with Crippen molar-refractivity contribution in [1.29, 1.82) is 0 Å². The third kappa shape index (κ3) is 7.45. The van der Waals surface area contributed by atoms with Gasteiger partial charge in [-0.15, -0.1) is 0 Å². The van der Waals surface area contributed by atoms with Crippen molar-refractivity contribution in [2.45, 2.75) is 30.7 Å². The molecule has 2 aliphatic rings. The second kappa shape index (κ2) is 14.4. The van der Waals surface area contributed by atoms with Crippen LogP contribution in [-0.2, 0) is 15.3 Å². The van der Waals surface area contributed by atoms with E-state index in [1.165, 1.54) is 11.8 Å². The molecule has 9 nitrogen and oxygen atoms in total. The van der Waals surface area contributed by atoms with E-state index in [0.717, 1.165) is 54.0 Å². The van der Waals surface area contributed by atoms with Gasteiger partial charge < -0.3 is 23.9 Å². The van der Waals surface area contributed by atoms with Gasteiger partial charge >= 0.3 is 5.97 Å². The number of furan rings is 1. The zero-order chi connectivity index (χ0) is 31.2. The van der Waals surface area contributed by atoms with E-state index in [0.29, 0.717) is 55.0 Å². The van der Waals surface area contributed by atoms with Crippen molar-refractivity contribution in [3.8, 4) is 11.3 Å². The normalized spacial score (nSPS) is 15.7. The number of rotatable bonds is 9. The van der Waals surface area contributed by atoms with E-state index in [1.807, 2.05) is 42.5 Å². The predicted molar refractivity (Wildman–Crippen MR) is 177 cm³/mol. The zero-order valence-electron chi connectivity index (χ0n) is 25.2. The first-order valence-electron chi connectivity index (χ1n) is 15.3. The van der Waals surface area contributed by atoms with Crippen LogP contribution in [0.3, 0.4) is 0 Å². The Morgan fingerprint density at radius 3 is 2.36 bits per heavy atom. The zero-order valence-corrected chi connectivity index (χ0v) is 26.8. The SMILES string of the molecule is CCOC(=O)C1CCN(C(=O)c2ccc(CSc3nc(-c4ccccc4)cc(N4CCN(c5ccccc5Cl)CC4)n3)o2)CC1. The van der Waals surface area contributed by atoms with E-state index in [1.54, 1.807) is 17.9 Å². The number of likely N-dealkylation sites (tertiary alicyclic amines) is 1. The fraction of sp³-hybridized carbons (Fsp3) is 0.353. The van der Waals surface area contributed by atoms with Crippen molar-refractivity contribution in [3.63, 3.8) is 0 Å². The van der Waals surface area contributed by atoms with Crippen LogP contribution in [0.4, 0.5) is 11.5 Å². The molecule has 0 unspecified atom stereocenters. The van der Waals surface area contributed by atoms with Gasteiger partial charge in [0.1, 0.15) is 11.6 Å². The molecule has 234 valence electrons. The van der Waals surface area contributed by atoms with Gasteiger partial charge in [0.2, 0.25) is 0 Å². The van der Waals surface area contributed by atoms with Gasteiger partial charge in [0.25, 0.3) is 5.91 Å². The van der Waals surface area contributed by atoms with Crippen LogP contribution in [0.2, 0.25) is 5.02 Å². The Hall–Kier alpha value is -4.02. The molecule has 4 heterocycles. The van der Waals surface area contributed by atoms with Crippen LogP contribution in [0.25, 0.3) is 11.3 Å². The molecule has 2 aromatic carbocycles. The molecule has 0 bridgehead atoms. The summed E-state index contributed by atoms with van der Waals surface area (Å²) in [5.74, 6) is 1.85. The Labute approximate surface area is 272 Å². The number of aromatic nitrogens is 2. The Morgan fingerprint density at radius 2 is 1.62 bits per heavy atom. The number of benzene rings is 2. The Balaban J connectivity index is 1.12. The topological polar surface area (TPSA) is 92.0 Å². The molecule has 0 spiro atoms. The molecule has 2 saturated heterocycles. The van der Waals surface area contributed by atoms with Crippen molar-refractivity contribution >= 4 is 46.7 Å². The molecule has 2 aliphatic heterocycles. The summed E-state index contributed by atoms with van der Waals surface area (Å²) in [4.78, 5) is 41.3. The average Bonchev–Trinajstić information content (AvgIpc) is 3.57. The summed E-state index contributed by atoms with van der Waals surface area (Å²) in [6.07, 6.45) is 1.20. The van der Waals surface area contributed by atoms with Crippen LogP contribution in [0.1, 0.15) is 36.1 Å². The number of hydrogen-bond acceptors (Lipinski definition) is 9. The molecule has 0 radical (unpaired) electrons. The minimum atomic E-state index is -0.178. The molecule has 0 aliphatic carbocycles. The summed E-state index contributed by atoms with van der Waals surface area (Å²) in [6, 6.07) is 23.7. The van der Waals surface area contributed by atoms with Gasteiger partial charge in [0.15, 0.2) is 10.9 Å². The lowest BCUT2D eigenvalue weighted by Crippen LogP contribution is -2.47. The van der Waals surface area contributed by atoms with E-state index < -0.39 is 0 Å². The van der Waals surface area contributed by atoms with Crippen LogP contribution in [0, 0.1) is 5.92 Å². The highest BCUT2D eigenvalue weighted by Gasteiger charge is 2.30. The number of thioether (sulfide) groups is 1. The second-order valence-corrected chi connectivity index (χ2v) is 12.4. The molecular formula is C34H36ClN5O4S. The van der Waals surface area contributed by atoms with E-state index in [4.69, 9.17) is 30.7 Å². The average molecular weight is 646 g/mol. The molecule has 0 saturated carbocycles. The number of carbonyl (C=O) groups is 2. The van der Waals surface area contributed by atoms with E-state index >= 15 is 0 Å². The van der Waals surface area contributed by atoms with Gasteiger partial charge in [-0.1, -0.05) is 65.8 Å². The number of hydrogen-bond donors (Lipinski definition) is 0. The van der Waals surface area contributed by atoms with Crippen LogP contribution in [-0.4, -0.2) is 72.6 Å². The first-order chi connectivity index (χ1) is 22.0. The number of esters is 1. The molecular weight excluding hydrogens is 610 g/mol. The molecule has 6 rings (SSSR count). The summed E-state index contributed by atoms with van der Waals surface area (Å²) in [6.45, 7) is 6.46. The quantitative estimate of drug-likeness (QED) is 0.116. The highest BCUT2D eigenvalue weighted by atomic mass is 35.5. The van der Waals surface area contributed by atoms with E-state index in [2.05, 4.69) is 34.1 Å². The summed E-state index contributed by atoms with van der Waals surface area (Å²) < 4.78 is 11.1. The van der Waals surface area contributed by atoms with Gasteiger partial charge in [-0.25, -0.2) is 9.97 Å². The standard InChI is InChI=1S/C34H36ClN5O4S/c1-2-43-33(42)25-14-16-40(17-15-25)32(41)30-13-12-26(44-30)23-45-34-36-28(24-8-4-3-5-9-24)22-31(37-34)39-20-18-38(19-21-39)29-11-7-6-10-27(29)35/h3-13,22,25H,2,14-21,23H2,1H3. The third-order valence-corrected chi connectivity index (χ3v) is 9.37.